The number of benzene rings is 1. The van der Waals surface area contributed by atoms with Crippen LogP contribution in [0.1, 0.15) is 13.8 Å². The van der Waals surface area contributed by atoms with Gasteiger partial charge in [0, 0.05) is 26.9 Å². The van der Waals surface area contributed by atoms with Crippen molar-refractivity contribution in [2.24, 2.45) is 0 Å². The van der Waals surface area contributed by atoms with Crippen molar-refractivity contribution in [3.8, 4) is 0 Å². The lowest BCUT2D eigenvalue weighted by Gasteiger charge is -2.23. The van der Waals surface area contributed by atoms with Gasteiger partial charge < -0.3 is 10.2 Å². The van der Waals surface area contributed by atoms with Gasteiger partial charge in [-0.1, -0.05) is 29.3 Å². The van der Waals surface area contributed by atoms with Gasteiger partial charge in [0.2, 0.25) is 11.8 Å². The summed E-state index contributed by atoms with van der Waals surface area (Å²) in [5.41, 5.74) is 0.471. The molecule has 1 N–H and O–H groups in total. The molecule has 1 aromatic rings. The number of hydrogen-bond donors (Lipinski definition) is 1. The number of halogens is 2. The van der Waals surface area contributed by atoms with Crippen molar-refractivity contribution in [1.29, 1.82) is 0 Å². The molecule has 98 valence electrons. The summed E-state index contributed by atoms with van der Waals surface area (Å²) in [6.07, 6.45) is 0. The van der Waals surface area contributed by atoms with Gasteiger partial charge in [-0.25, -0.2) is 0 Å². The third-order valence-corrected chi connectivity index (χ3v) is 2.91. The third kappa shape index (κ3) is 3.89. The normalized spacial score (nSPS) is 10.0. The molecule has 0 aliphatic heterocycles. The molecular weight excluding hydrogens is 275 g/mol. The summed E-state index contributed by atoms with van der Waals surface area (Å²) in [6, 6.07) is 5.04. The minimum atomic E-state index is -0.185. The zero-order valence-corrected chi connectivity index (χ0v) is 11.7. The van der Waals surface area contributed by atoms with Crippen molar-refractivity contribution in [3.63, 3.8) is 0 Å². The summed E-state index contributed by atoms with van der Waals surface area (Å²) in [7, 11) is 0. The smallest absolute Gasteiger partial charge is 0.224 e. The fourth-order valence-electron chi connectivity index (χ4n) is 1.52. The zero-order chi connectivity index (χ0) is 13.7. The van der Waals surface area contributed by atoms with Gasteiger partial charge in [-0.05, 0) is 12.1 Å². The summed E-state index contributed by atoms with van der Waals surface area (Å²) in [4.78, 5) is 23.9. The lowest BCUT2D eigenvalue weighted by Crippen LogP contribution is -2.37. The average Bonchev–Trinajstić information content (AvgIpc) is 2.25. The fourth-order valence-corrected chi connectivity index (χ4v) is 2.12. The third-order valence-electron chi connectivity index (χ3n) is 2.30. The maximum atomic E-state index is 11.6. The first-order valence-electron chi connectivity index (χ1n) is 5.40. The van der Waals surface area contributed by atoms with Gasteiger partial charge >= 0.3 is 0 Å². The standard InChI is InChI=1S/C12H14Cl2N2O2/c1-8(17)15-6-7-16(9(2)18)12-10(13)4-3-5-11(12)14/h3-5H,6-7H2,1-2H3,(H,15,17). The first-order valence-corrected chi connectivity index (χ1v) is 6.15. The molecule has 0 spiro atoms. The first-order chi connectivity index (χ1) is 8.43. The summed E-state index contributed by atoms with van der Waals surface area (Å²) in [5.74, 6) is -0.334. The Bertz CT molecular complexity index is 443. The van der Waals surface area contributed by atoms with Crippen LogP contribution < -0.4 is 10.2 Å². The summed E-state index contributed by atoms with van der Waals surface area (Å²) >= 11 is 12.1. The Morgan fingerprint density at radius 3 is 2.22 bits per heavy atom. The van der Waals surface area contributed by atoms with E-state index in [1.807, 2.05) is 0 Å². The lowest BCUT2D eigenvalue weighted by atomic mass is 10.2. The number of hydrogen-bond acceptors (Lipinski definition) is 2. The average molecular weight is 289 g/mol. The van der Waals surface area contributed by atoms with Crippen LogP contribution >= 0.6 is 23.2 Å². The molecule has 4 nitrogen and oxygen atoms in total. The van der Waals surface area contributed by atoms with Crippen LogP contribution in [0.3, 0.4) is 0 Å². The van der Waals surface area contributed by atoms with Crippen LogP contribution in [0.4, 0.5) is 5.69 Å². The van der Waals surface area contributed by atoms with E-state index in [2.05, 4.69) is 5.32 Å². The Balaban J connectivity index is 2.91. The molecule has 0 saturated heterocycles. The number of nitrogens with zero attached hydrogens (tertiary/aromatic N) is 1. The van der Waals surface area contributed by atoms with Gasteiger partial charge in [0.05, 0.1) is 15.7 Å². The van der Waals surface area contributed by atoms with E-state index in [1.165, 1.54) is 18.7 Å². The maximum absolute atomic E-state index is 11.6. The molecule has 2 amide bonds. The van der Waals surface area contributed by atoms with E-state index < -0.39 is 0 Å². The quantitative estimate of drug-likeness (QED) is 0.925. The number of rotatable bonds is 4. The van der Waals surface area contributed by atoms with Crippen LogP contribution in [0.25, 0.3) is 0 Å². The molecular formula is C12H14Cl2N2O2. The monoisotopic (exact) mass is 288 g/mol. The zero-order valence-electron chi connectivity index (χ0n) is 10.2. The van der Waals surface area contributed by atoms with Crippen molar-refractivity contribution in [3.05, 3.63) is 28.2 Å². The number of nitrogens with one attached hydrogen (secondary N) is 1. The maximum Gasteiger partial charge on any atom is 0.224 e. The second-order valence-electron chi connectivity index (χ2n) is 3.72. The highest BCUT2D eigenvalue weighted by atomic mass is 35.5. The predicted octanol–water partition coefficient (Wildman–Crippen LogP) is 2.48. The number of amides is 2. The fraction of sp³-hybridized carbons (Fsp3) is 0.333. The molecule has 0 aliphatic carbocycles. The molecule has 18 heavy (non-hydrogen) atoms. The molecule has 0 aromatic heterocycles. The lowest BCUT2D eigenvalue weighted by molar-refractivity contribution is -0.119. The molecule has 6 heteroatoms. The van der Waals surface area contributed by atoms with Gasteiger partial charge in [0.15, 0.2) is 0 Å². The number of para-hydroxylation sites is 1. The van der Waals surface area contributed by atoms with E-state index in [0.29, 0.717) is 28.8 Å². The Morgan fingerprint density at radius 2 is 1.78 bits per heavy atom. The van der Waals surface area contributed by atoms with E-state index in [1.54, 1.807) is 18.2 Å². The molecule has 0 aliphatic rings. The SMILES string of the molecule is CC(=O)NCCN(C(C)=O)c1c(Cl)cccc1Cl. The molecule has 0 atom stereocenters. The predicted molar refractivity (Wildman–Crippen MR) is 73.2 cm³/mol. The van der Waals surface area contributed by atoms with E-state index in [-0.39, 0.29) is 11.8 Å². The Morgan fingerprint density at radius 1 is 1.22 bits per heavy atom. The van der Waals surface area contributed by atoms with Crippen molar-refractivity contribution in [1.82, 2.24) is 5.32 Å². The minimum absolute atomic E-state index is 0.149. The Hall–Kier alpha value is -1.26. The van der Waals surface area contributed by atoms with Gasteiger partial charge in [-0.2, -0.15) is 0 Å². The van der Waals surface area contributed by atoms with Crippen LogP contribution in [-0.2, 0) is 9.59 Å². The van der Waals surface area contributed by atoms with Crippen molar-refractivity contribution in [2.45, 2.75) is 13.8 Å². The van der Waals surface area contributed by atoms with E-state index in [0.717, 1.165) is 0 Å². The second kappa shape index (κ2) is 6.61. The topological polar surface area (TPSA) is 49.4 Å². The van der Waals surface area contributed by atoms with Crippen LogP contribution in [0, 0.1) is 0 Å². The molecule has 0 heterocycles. The van der Waals surface area contributed by atoms with Gasteiger partial charge in [-0.15, -0.1) is 0 Å². The van der Waals surface area contributed by atoms with E-state index in [4.69, 9.17) is 23.2 Å². The molecule has 0 fully saturated rings. The highest BCUT2D eigenvalue weighted by Crippen LogP contribution is 2.33. The Kier molecular flexibility index (Phi) is 5.44. The van der Waals surface area contributed by atoms with Gasteiger partial charge in [-0.3, -0.25) is 9.59 Å². The van der Waals surface area contributed by atoms with Crippen molar-refractivity contribution in [2.75, 3.05) is 18.0 Å². The minimum Gasteiger partial charge on any atom is -0.355 e. The van der Waals surface area contributed by atoms with Gasteiger partial charge in [0.25, 0.3) is 0 Å². The first kappa shape index (κ1) is 14.8. The van der Waals surface area contributed by atoms with Crippen molar-refractivity contribution >= 4 is 40.7 Å². The second-order valence-corrected chi connectivity index (χ2v) is 4.54. The van der Waals surface area contributed by atoms with Crippen LogP contribution in [0.15, 0.2) is 18.2 Å². The summed E-state index contributed by atoms with van der Waals surface area (Å²) < 4.78 is 0. The van der Waals surface area contributed by atoms with Gasteiger partial charge in [0.1, 0.15) is 0 Å². The molecule has 1 rings (SSSR count). The largest absolute Gasteiger partial charge is 0.355 e. The van der Waals surface area contributed by atoms with Crippen LogP contribution in [0.2, 0.25) is 10.0 Å². The number of anilines is 1. The Labute approximate surface area is 116 Å². The summed E-state index contributed by atoms with van der Waals surface area (Å²) in [6.45, 7) is 3.50. The molecule has 0 bridgehead atoms. The van der Waals surface area contributed by atoms with Crippen molar-refractivity contribution < 1.29 is 9.59 Å². The van der Waals surface area contributed by atoms with E-state index in [9.17, 15) is 9.59 Å². The highest BCUT2D eigenvalue weighted by molar-refractivity contribution is 6.39. The van der Waals surface area contributed by atoms with Crippen LogP contribution in [-0.4, -0.2) is 24.9 Å². The summed E-state index contributed by atoms with van der Waals surface area (Å²) in [5, 5.41) is 3.43. The van der Waals surface area contributed by atoms with Crippen LogP contribution in [0.5, 0.6) is 0 Å². The van der Waals surface area contributed by atoms with E-state index >= 15 is 0 Å². The number of carbonyl (C=O) groups excluding carboxylic acids is 2. The molecule has 0 radical (unpaired) electrons. The highest BCUT2D eigenvalue weighted by Gasteiger charge is 2.17. The molecule has 0 unspecified atom stereocenters. The molecule has 0 saturated carbocycles. The molecule has 1 aromatic carbocycles. The number of carbonyl (C=O) groups is 2.